The molecule has 5 nitrogen and oxygen atoms in total. The summed E-state index contributed by atoms with van der Waals surface area (Å²) in [5.74, 6) is 4.16. The van der Waals surface area contributed by atoms with Crippen LogP contribution in [0.5, 0.6) is 5.75 Å². The molecule has 1 fully saturated rings. The van der Waals surface area contributed by atoms with Gasteiger partial charge in [-0.1, -0.05) is 18.5 Å². The SMILES string of the molecule is Cc1cc(Cl)ccc1OCC(=O)N(Cc1ccco1)Cc1ccc(C2CC2C)o1. The van der Waals surface area contributed by atoms with E-state index >= 15 is 0 Å². The number of benzene rings is 1. The highest BCUT2D eigenvalue weighted by Crippen LogP contribution is 2.47. The van der Waals surface area contributed by atoms with Crippen LogP contribution in [-0.4, -0.2) is 17.4 Å². The van der Waals surface area contributed by atoms with Gasteiger partial charge in [0.05, 0.1) is 19.4 Å². The largest absolute Gasteiger partial charge is 0.483 e. The number of amides is 1. The zero-order valence-corrected chi connectivity index (χ0v) is 17.3. The molecule has 0 spiro atoms. The predicted molar refractivity (Wildman–Crippen MR) is 110 cm³/mol. The van der Waals surface area contributed by atoms with Crippen molar-refractivity contribution in [1.29, 1.82) is 0 Å². The third-order valence-corrected chi connectivity index (χ3v) is 5.51. The Bertz CT molecular complexity index is 979. The number of aryl methyl sites for hydroxylation is 1. The van der Waals surface area contributed by atoms with E-state index in [9.17, 15) is 4.79 Å². The van der Waals surface area contributed by atoms with Crippen LogP contribution < -0.4 is 4.74 Å². The molecule has 0 saturated heterocycles. The molecule has 0 radical (unpaired) electrons. The normalized spacial score (nSPS) is 17.9. The lowest BCUT2D eigenvalue weighted by atomic mass is 10.2. The van der Waals surface area contributed by atoms with Gasteiger partial charge in [0.15, 0.2) is 6.61 Å². The molecule has 1 aliphatic rings. The molecular weight excluding hydrogens is 390 g/mol. The Balaban J connectivity index is 1.44. The minimum absolute atomic E-state index is 0.0730. The van der Waals surface area contributed by atoms with Crippen molar-refractivity contribution in [2.45, 2.75) is 39.3 Å². The van der Waals surface area contributed by atoms with Crippen LogP contribution >= 0.6 is 11.6 Å². The molecule has 2 aromatic heterocycles. The van der Waals surface area contributed by atoms with Crippen LogP contribution in [0.2, 0.25) is 5.02 Å². The summed E-state index contributed by atoms with van der Waals surface area (Å²) in [5, 5.41) is 0.638. The predicted octanol–water partition coefficient (Wildman–Crippen LogP) is 5.57. The molecule has 1 amide bonds. The fourth-order valence-corrected chi connectivity index (χ4v) is 3.64. The molecule has 152 valence electrons. The molecule has 3 aromatic rings. The third kappa shape index (κ3) is 4.85. The first-order valence-corrected chi connectivity index (χ1v) is 10.1. The van der Waals surface area contributed by atoms with Gasteiger partial charge in [0.2, 0.25) is 0 Å². The summed E-state index contributed by atoms with van der Waals surface area (Å²) >= 11 is 5.99. The van der Waals surface area contributed by atoms with Crippen LogP contribution in [0.1, 0.15) is 42.1 Å². The van der Waals surface area contributed by atoms with E-state index in [-0.39, 0.29) is 12.5 Å². The Kier molecular flexibility index (Phi) is 5.67. The Morgan fingerprint density at radius 3 is 2.69 bits per heavy atom. The van der Waals surface area contributed by atoms with E-state index in [0.717, 1.165) is 23.5 Å². The van der Waals surface area contributed by atoms with E-state index in [2.05, 4.69) is 6.92 Å². The maximum atomic E-state index is 12.9. The number of hydrogen-bond donors (Lipinski definition) is 0. The molecule has 0 N–H and O–H groups in total. The summed E-state index contributed by atoms with van der Waals surface area (Å²) in [6, 6.07) is 13.0. The van der Waals surface area contributed by atoms with Crippen molar-refractivity contribution in [3.05, 3.63) is 76.6 Å². The summed E-state index contributed by atoms with van der Waals surface area (Å²) in [4.78, 5) is 14.6. The maximum Gasteiger partial charge on any atom is 0.261 e. The molecule has 6 heteroatoms. The quantitative estimate of drug-likeness (QED) is 0.484. The lowest BCUT2D eigenvalue weighted by Crippen LogP contribution is -2.34. The minimum Gasteiger partial charge on any atom is -0.483 e. The first-order valence-electron chi connectivity index (χ1n) is 9.77. The minimum atomic E-state index is -0.145. The molecule has 4 rings (SSSR count). The van der Waals surface area contributed by atoms with Gasteiger partial charge in [0, 0.05) is 10.9 Å². The second kappa shape index (κ2) is 8.37. The van der Waals surface area contributed by atoms with Crippen LogP contribution in [-0.2, 0) is 17.9 Å². The van der Waals surface area contributed by atoms with Gasteiger partial charge in [0.1, 0.15) is 23.0 Å². The lowest BCUT2D eigenvalue weighted by Gasteiger charge is -2.21. The van der Waals surface area contributed by atoms with Crippen molar-refractivity contribution >= 4 is 17.5 Å². The summed E-state index contributed by atoms with van der Waals surface area (Å²) in [6.07, 6.45) is 2.77. The second-order valence-electron chi connectivity index (χ2n) is 7.65. The van der Waals surface area contributed by atoms with Crippen molar-refractivity contribution in [3.63, 3.8) is 0 Å². The molecule has 0 aliphatic heterocycles. The second-order valence-corrected chi connectivity index (χ2v) is 8.09. The van der Waals surface area contributed by atoms with Gasteiger partial charge in [-0.3, -0.25) is 4.79 Å². The first-order chi connectivity index (χ1) is 14.0. The maximum absolute atomic E-state index is 12.9. The molecule has 0 bridgehead atoms. The zero-order valence-electron chi connectivity index (χ0n) is 16.6. The summed E-state index contributed by atoms with van der Waals surface area (Å²) in [6.45, 7) is 4.76. The number of ether oxygens (including phenoxy) is 1. The van der Waals surface area contributed by atoms with E-state index in [4.69, 9.17) is 25.2 Å². The van der Waals surface area contributed by atoms with Crippen molar-refractivity contribution in [2.24, 2.45) is 5.92 Å². The number of halogens is 1. The van der Waals surface area contributed by atoms with Crippen LogP contribution in [0, 0.1) is 12.8 Å². The van der Waals surface area contributed by atoms with Gasteiger partial charge in [-0.25, -0.2) is 0 Å². The number of carbonyl (C=O) groups excluding carboxylic acids is 1. The monoisotopic (exact) mass is 413 g/mol. The highest BCUT2D eigenvalue weighted by Gasteiger charge is 2.36. The van der Waals surface area contributed by atoms with E-state index in [0.29, 0.717) is 41.5 Å². The van der Waals surface area contributed by atoms with Crippen LogP contribution in [0.4, 0.5) is 0 Å². The average molecular weight is 414 g/mol. The van der Waals surface area contributed by atoms with Gasteiger partial charge in [0.25, 0.3) is 5.91 Å². The van der Waals surface area contributed by atoms with Gasteiger partial charge in [-0.2, -0.15) is 0 Å². The molecule has 29 heavy (non-hydrogen) atoms. The average Bonchev–Trinajstić information content (AvgIpc) is 3.09. The Hall–Kier alpha value is -2.66. The Morgan fingerprint density at radius 1 is 1.21 bits per heavy atom. The fraction of sp³-hybridized carbons (Fsp3) is 0.348. The molecule has 2 unspecified atom stereocenters. The standard InChI is InChI=1S/C23H24ClNO4/c1-15-11-20(15)22-8-6-19(29-22)13-25(12-18-4-3-9-27-18)23(26)14-28-21-7-5-17(24)10-16(21)2/h3-10,15,20H,11-14H2,1-2H3. The van der Waals surface area contributed by atoms with Crippen molar-refractivity contribution < 1.29 is 18.4 Å². The summed E-state index contributed by atoms with van der Waals surface area (Å²) in [7, 11) is 0. The molecule has 1 saturated carbocycles. The smallest absolute Gasteiger partial charge is 0.261 e. The van der Waals surface area contributed by atoms with E-state index in [1.54, 1.807) is 23.3 Å². The summed E-state index contributed by atoms with van der Waals surface area (Å²) in [5.41, 5.74) is 0.886. The van der Waals surface area contributed by atoms with Gasteiger partial charge >= 0.3 is 0 Å². The molecule has 2 atom stereocenters. The summed E-state index contributed by atoms with van der Waals surface area (Å²) < 4.78 is 17.2. The number of rotatable bonds is 8. The molecule has 1 aliphatic carbocycles. The number of furan rings is 2. The van der Waals surface area contributed by atoms with E-state index in [1.165, 1.54) is 0 Å². The highest BCUT2D eigenvalue weighted by molar-refractivity contribution is 6.30. The number of hydrogen-bond acceptors (Lipinski definition) is 4. The van der Waals surface area contributed by atoms with Gasteiger partial charge < -0.3 is 18.5 Å². The fourth-order valence-electron chi connectivity index (χ4n) is 3.41. The van der Waals surface area contributed by atoms with E-state index < -0.39 is 0 Å². The zero-order chi connectivity index (χ0) is 20.4. The molecule has 2 heterocycles. The highest BCUT2D eigenvalue weighted by atomic mass is 35.5. The van der Waals surface area contributed by atoms with Crippen molar-refractivity contribution in [2.75, 3.05) is 6.61 Å². The topological polar surface area (TPSA) is 55.8 Å². The van der Waals surface area contributed by atoms with Crippen molar-refractivity contribution in [3.8, 4) is 5.75 Å². The Morgan fingerprint density at radius 2 is 2.00 bits per heavy atom. The van der Waals surface area contributed by atoms with Crippen LogP contribution in [0.25, 0.3) is 0 Å². The first kappa shape index (κ1) is 19.6. The van der Waals surface area contributed by atoms with Gasteiger partial charge in [-0.05, 0) is 67.3 Å². The van der Waals surface area contributed by atoms with E-state index in [1.807, 2.05) is 37.3 Å². The van der Waals surface area contributed by atoms with Gasteiger partial charge in [-0.15, -0.1) is 0 Å². The number of carbonyl (C=O) groups is 1. The van der Waals surface area contributed by atoms with Crippen molar-refractivity contribution in [1.82, 2.24) is 4.90 Å². The van der Waals surface area contributed by atoms with Crippen LogP contribution in [0.3, 0.4) is 0 Å². The lowest BCUT2D eigenvalue weighted by molar-refractivity contribution is -0.135. The number of nitrogens with zero attached hydrogens (tertiary/aromatic N) is 1. The molecular formula is C23H24ClNO4. The third-order valence-electron chi connectivity index (χ3n) is 5.27. The molecule has 1 aromatic carbocycles. The van der Waals surface area contributed by atoms with Crippen LogP contribution in [0.15, 0.2) is 57.6 Å². The Labute approximate surface area is 175 Å².